The Hall–Kier alpha value is -1.97. The number of nitrogens with zero attached hydrogens (tertiary/aromatic N) is 3. The molecule has 0 amide bonds. The van der Waals surface area contributed by atoms with E-state index in [-0.39, 0.29) is 0 Å². The van der Waals surface area contributed by atoms with Crippen LogP contribution in [0.5, 0.6) is 0 Å². The molecule has 2 rings (SSSR count). The third-order valence-corrected chi connectivity index (χ3v) is 1.79. The molecular weight excluding hydrogens is 164 g/mol. The standard InChI is InChI=1S/C9H8N4/c10-11-5-7-6-12-13-9-4-2-1-3-8(7)9/h1-6H,10H2. The summed E-state index contributed by atoms with van der Waals surface area (Å²) >= 11 is 0. The van der Waals surface area contributed by atoms with Crippen LogP contribution in [0.2, 0.25) is 0 Å². The maximum absolute atomic E-state index is 5.07. The summed E-state index contributed by atoms with van der Waals surface area (Å²) in [6.07, 6.45) is 3.20. The van der Waals surface area contributed by atoms with Crippen molar-refractivity contribution < 1.29 is 0 Å². The van der Waals surface area contributed by atoms with Crippen LogP contribution < -0.4 is 5.84 Å². The Balaban J connectivity index is 2.75. The first-order valence-electron chi connectivity index (χ1n) is 3.85. The van der Waals surface area contributed by atoms with Crippen LogP contribution in [-0.4, -0.2) is 16.4 Å². The van der Waals surface area contributed by atoms with Gasteiger partial charge in [-0.15, -0.1) is 0 Å². The van der Waals surface area contributed by atoms with Gasteiger partial charge in [-0.25, -0.2) is 0 Å². The molecule has 64 valence electrons. The summed E-state index contributed by atoms with van der Waals surface area (Å²) in [4.78, 5) is 0. The second-order valence-corrected chi connectivity index (χ2v) is 2.60. The highest BCUT2D eigenvalue weighted by Crippen LogP contribution is 2.12. The monoisotopic (exact) mass is 172 g/mol. The third-order valence-electron chi connectivity index (χ3n) is 1.79. The molecule has 0 unspecified atom stereocenters. The zero-order chi connectivity index (χ0) is 9.10. The van der Waals surface area contributed by atoms with Crippen molar-refractivity contribution in [1.29, 1.82) is 0 Å². The van der Waals surface area contributed by atoms with E-state index in [1.807, 2.05) is 24.3 Å². The quantitative estimate of drug-likeness (QED) is 0.395. The molecule has 1 aromatic carbocycles. The summed E-state index contributed by atoms with van der Waals surface area (Å²) in [5.41, 5.74) is 1.73. The Labute approximate surface area is 75.1 Å². The van der Waals surface area contributed by atoms with Gasteiger partial charge in [-0.3, -0.25) is 0 Å². The van der Waals surface area contributed by atoms with Gasteiger partial charge in [0, 0.05) is 10.9 Å². The second kappa shape index (κ2) is 3.18. The molecule has 0 aliphatic carbocycles. The lowest BCUT2D eigenvalue weighted by Crippen LogP contribution is -1.92. The lowest BCUT2D eigenvalue weighted by molar-refractivity contribution is 1.07. The average Bonchev–Trinajstić information content (AvgIpc) is 2.19. The maximum atomic E-state index is 5.07. The summed E-state index contributed by atoms with van der Waals surface area (Å²) in [7, 11) is 0. The van der Waals surface area contributed by atoms with Crippen LogP contribution in [0.15, 0.2) is 35.6 Å². The van der Waals surface area contributed by atoms with Crippen molar-refractivity contribution in [2.24, 2.45) is 10.9 Å². The molecule has 0 saturated carbocycles. The van der Waals surface area contributed by atoms with Crippen LogP contribution in [0.25, 0.3) is 10.9 Å². The van der Waals surface area contributed by atoms with Crippen LogP contribution in [0, 0.1) is 0 Å². The Morgan fingerprint density at radius 1 is 1.31 bits per heavy atom. The smallest absolute Gasteiger partial charge is 0.0936 e. The highest BCUT2D eigenvalue weighted by Gasteiger charge is 1.98. The van der Waals surface area contributed by atoms with E-state index in [9.17, 15) is 0 Å². The zero-order valence-electron chi connectivity index (χ0n) is 6.88. The van der Waals surface area contributed by atoms with Gasteiger partial charge in [-0.05, 0) is 6.07 Å². The molecule has 13 heavy (non-hydrogen) atoms. The van der Waals surface area contributed by atoms with Gasteiger partial charge in [0.15, 0.2) is 0 Å². The Morgan fingerprint density at radius 2 is 2.15 bits per heavy atom. The summed E-state index contributed by atoms with van der Waals surface area (Å²) in [6.45, 7) is 0. The molecule has 0 radical (unpaired) electrons. The zero-order valence-corrected chi connectivity index (χ0v) is 6.88. The van der Waals surface area contributed by atoms with E-state index < -0.39 is 0 Å². The lowest BCUT2D eigenvalue weighted by Gasteiger charge is -1.97. The topological polar surface area (TPSA) is 64.2 Å². The van der Waals surface area contributed by atoms with Crippen LogP contribution in [-0.2, 0) is 0 Å². The minimum absolute atomic E-state index is 0.847. The Morgan fingerprint density at radius 3 is 3.00 bits per heavy atom. The fraction of sp³-hybridized carbons (Fsp3) is 0. The first kappa shape index (κ1) is 7.67. The Bertz CT molecular complexity index is 445. The van der Waals surface area contributed by atoms with Crippen molar-refractivity contribution in [3.8, 4) is 0 Å². The summed E-state index contributed by atoms with van der Waals surface area (Å²) in [5, 5.41) is 12.3. The van der Waals surface area contributed by atoms with Crippen molar-refractivity contribution in [3.05, 3.63) is 36.0 Å². The van der Waals surface area contributed by atoms with Crippen molar-refractivity contribution in [3.63, 3.8) is 0 Å². The highest BCUT2D eigenvalue weighted by atomic mass is 15.1. The van der Waals surface area contributed by atoms with Crippen LogP contribution in [0.4, 0.5) is 0 Å². The molecule has 0 fully saturated rings. The number of aromatic nitrogens is 2. The van der Waals surface area contributed by atoms with Gasteiger partial charge in [0.2, 0.25) is 0 Å². The number of hydrogen-bond acceptors (Lipinski definition) is 4. The summed E-state index contributed by atoms with van der Waals surface area (Å²) < 4.78 is 0. The van der Waals surface area contributed by atoms with Crippen molar-refractivity contribution in [2.45, 2.75) is 0 Å². The molecule has 0 aliphatic heterocycles. The van der Waals surface area contributed by atoms with E-state index in [0.29, 0.717) is 0 Å². The molecule has 0 bridgehead atoms. The van der Waals surface area contributed by atoms with E-state index in [1.54, 1.807) is 12.4 Å². The van der Waals surface area contributed by atoms with Crippen molar-refractivity contribution >= 4 is 17.1 Å². The molecule has 2 N–H and O–H groups in total. The number of benzene rings is 1. The molecule has 4 nitrogen and oxygen atoms in total. The summed E-state index contributed by atoms with van der Waals surface area (Å²) in [5.74, 6) is 5.07. The second-order valence-electron chi connectivity index (χ2n) is 2.60. The number of nitrogens with two attached hydrogens (primary N) is 1. The highest BCUT2D eigenvalue weighted by molar-refractivity contribution is 5.97. The Kier molecular flexibility index (Phi) is 1.88. The molecule has 2 aromatic rings. The van der Waals surface area contributed by atoms with Gasteiger partial charge in [0.1, 0.15) is 0 Å². The van der Waals surface area contributed by atoms with E-state index in [1.165, 1.54) is 0 Å². The van der Waals surface area contributed by atoms with Gasteiger partial charge in [-0.2, -0.15) is 15.3 Å². The van der Waals surface area contributed by atoms with Crippen molar-refractivity contribution in [2.75, 3.05) is 0 Å². The van der Waals surface area contributed by atoms with Gasteiger partial charge in [-0.1, -0.05) is 18.2 Å². The minimum atomic E-state index is 0.847. The number of hydrazone groups is 1. The molecule has 0 atom stereocenters. The average molecular weight is 172 g/mol. The van der Waals surface area contributed by atoms with Gasteiger partial charge in [0.05, 0.1) is 17.9 Å². The van der Waals surface area contributed by atoms with E-state index in [0.717, 1.165) is 16.5 Å². The molecule has 1 heterocycles. The van der Waals surface area contributed by atoms with Crippen LogP contribution in [0.1, 0.15) is 5.56 Å². The van der Waals surface area contributed by atoms with E-state index in [4.69, 9.17) is 5.84 Å². The SMILES string of the molecule is NN=Cc1cnnc2ccccc12. The molecule has 4 heteroatoms. The van der Waals surface area contributed by atoms with Gasteiger partial charge >= 0.3 is 0 Å². The molecule has 0 aliphatic rings. The van der Waals surface area contributed by atoms with Crippen LogP contribution >= 0.6 is 0 Å². The lowest BCUT2D eigenvalue weighted by atomic mass is 10.1. The van der Waals surface area contributed by atoms with Crippen molar-refractivity contribution in [1.82, 2.24) is 10.2 Å². The predicted molar refractivity (Wildman–Crippen MR) is 51.3 cm³/mol. The molecule has 0 spiro atoms. The first-order chi connectivity index (χ1) is 6.42. The molecular formula is C9H8N4. The predicted octanol–water partition coefficient (Wildman–Crippen LogP) is 0.922. The fourth-order valence-electron chi connectivity index (χ4n) is 1.21. The first-order valence-corrected chi connectivity index (χ1v) is 3.85. The molecule has 1 aromatic heterocycles. The van der Waals surface area contributed by atoms with Gasteiger partial charge in [0.25, 0.3) is 0 Å². The van der Waals surface area contributed by atoms with E-state index in [2.05, 4.69) is 15.3 Å². The largest absolute Gasteiger partial charge is 0.323 e. The summed E-state index contributed by atoms with van der Waals surface area (Å²) in [6, 6.07) is 7.72. The fourth-order valence-corrected chi connectivity index (χ4v) is 1.21. The van der Waals surface area contributed by atoms with E-state index >= 15 is 0 Å². The third kappa shape index (κ3) is 1.33. The number of rotatable bonds is 1. The number of fused-ring (bicyclic) bond motifs is 1. The number of hydrogen-bond donors (Lipinski definition) is 1. The van der Waals surface area contributed by atoms with Crippen LogP contribution in [0.3, 0.4) is 0 Å². The minimum Gasteiger partial charge on any atom is -0.323 e. The van der Waals surface area contributed by atoms with Gasteiger partial charge < -0.3 is 5.84 Å². The molecule has 0 saturated heterocycles. The normalized spacial score (nSPS) is 11.1. The maximum Gasteiger partial charge on any atom is 0.0936 e.